The van der Waals surface area contributed by atoms with Crippen molar-refractivity contribution < 1.29 is 9.53 Å². The Morgan fingerprint density at radius 1 is 1.33 bits per heavy atom. The molecular weight excluding hydrogens is 284 g/mol. The van der Waals surface area contributed by atoms with E-state index in [0.29, 0.717) is 19.7 Å². The zero-order valence-electron chi connectivity index (χ0n) is 11.8. The number of amides is 1. The van der Waals surface area contributed by atoms with Crippen LogP contribution < -0.4 is 0 Å². The van der Waals surface area contributed by atoms with Crippen LogP contribution in [0.4, 0.5) is 0 Å². The Bertz CT molecular complexity index is 565. The van der Waals surface area contributed by atoms with E-state index in [-0.39, 0.29) is 12.0 Å². The Morgan fingerprint density at radius 2 is 2.19 bits per heavy atom. The van der Waals surface area contributed by atoms with Crippen LogP contribution in [0.3, 0.4) is 0 Å². The van der Waals surface area contributed by atoms with Gasteiger partial charge in [-0.2, -0.15) is 0 Å². The summed E-state index contributed by atoms with van der Waals surface area (Å²) in [6.45, 7) is 1.83. The van der Waals surface area contributed by atoms with Crippen molar-refractivity contribution in [3.63, 3.8) is 0 Å². The molecule has 2 heterocycles. The van der Waals surface area contributed by atoms with Gasteiger partial charge in [0.05, 0.1) is 6.54 Å². The van der Waals surface area contributed by atoms with Crippen molar-refractivity contribution in [1.82, 2.24) is 9.88 Å². The summed E-state index contributed by atoms with van der Waals surface area (Å²) in [5.41, 5.74) is 1.13. The van der Waals surface area contributed by atoms with Gasteiger partial charge in [0, 0.05) is 24.7 Å². The van der Waals surface area contributed by atoms with Crippen molar-refractivity contribution in [1.29, 1.82) is 0 Å². The lowest BCUT2D eigenvalue weighted by molar-refractivity contribution is -0.142. The zero-order valence-corrected chi connectivity index (χ0v) is 12.6. The van der Waals surface area contributed by atoms with Crippen molar-refractivity contribution in [2.45, 2.75) is 32.0 Å². The topological polar surface area (TPSA) is 42.4 Å². The van der Waals surface area contributed by atoms with Gasteiger partial charge in [-0.3, -0.25) is 4.79 Å². The van der Waals surface area contributed by atoms with Crippen LogP contribution >= 0.6 is 11.3 Å². The van der Waals surface area contributed by atoms with Gasteiger partial charge in [-0.15, -0.1) is 11.3 Å². The van der Waals surface area contributed by atoms with E-state index in [0.717, 1.165) is 23.4 Å². The highest BCUT2D eigenvalue weighted by Crippen LogP contribution is 2.19. The molecule has 1 fully saturated rings. The summed E-state index contributed by atoms with van der Waals surface area (Å²) < 4.78 is 5.54. The normalized spacial score (nSPS) is 17.8. The molecule has 0 bridgehead atoms. The van der Waals surface area contributed by atoms with Gasteiger partial charge < -0.3 is 9.64 Å². The number of nitrogens with zero attached hydrogens (tertiary/aromatic N) is 2. The van der Waals surface area contributed by atoms with E-state index in [4.69, 9.17) is 4.74 Å². The summed E-state index contributed by atoms with van der Waals surface area (Å²) in [5, 5.41) is 2.89. The van der Waals surface area contributed by atoms with Crippen LogP contribution in [0.25, 0.3) is 0 Å². The quantitative estimate of drug-likeness (QED) is 0.853. The highest BCUT2D eigenvalue weighted by molar-refractivity contribution is 7.09. The number of rotatable bonds is 5. The molecule has 1 atom stereocenters. The lowest BCUT2D eigenvalue weighted by Crippen LogP contribution is -2.38. The third-order valence-electron chi connectivity index (χ3n) is 3.54. The molecule has 21 heavy (non-hydrogen) atoms. The molecular formula is C16H18N2O2S. The Hall–Kier alpha value is -1.72. The molecule has 1 aromatic heterocycles. The Labute approximate surface area is 128 Å². The first-order valence-corrected chi connectivity index (χ1v) is 8.03. The molecule has 3 rings (SSSR count). The van der Waals surface area contributed by atoms with Crippen molar-refractivity contribution >= 4 is 17.2 Å². The van der Waals surface area contributed by atoms with Gasteiger partial charge in [0.2, 0.25) is 0 Å². The first kappa shape index (κ1) is 14.2. The average molecular weight is 302 g/mol. The summed E-state index contributed by atoms with van der Waals surface area (Å²) in [4.78, 5) is 18.8. The highest BCUT2D eigenvalue weighted by Gasteiger charge is 2.28. The van der Waals surface area contributed by atoms with E-state index in [1.165, 1.54) is 0 Å². The second kappa shape index (κ2) is 6.83. The highest BCUT2D eigenvalue weighted by atomic mass is 32.1. The van der Waals surface area contributed by atoms with Gasteiger partial charge in [0.1, 0.15) is 11.1 Å². The molecule has 1 aliphatic heterocycles. The molecule has 0 aliphatic carbocycles. The molecule has 0 unspecified atom stereocenters. The minimum absolute atomic E-state index is 0.0755. The van der Waals surface area contributed by atoms with Gasteiger partial charge in [-0.1, -0.05) is 30.3 Å². The molecule has 0 N–H and O–H groups in total. The van der Waals surface area contributed by atoms with Crippen LogP contribution in [-0.4, -0.2) is 28.5 Å². The fourth-order valence-corrected chi connectivity index (χ4v) is 3.12. The number of aromatic nitrogens is 1. The maximum Gasteiger partial charge on any atom is 0.252 e. The molecule has 0 spiro atoms. The molecule has 1 aromatic carbocycles. The molecule has 1 saturated heterocycles. The van der Waals surface area contributed by atoms with Crippen LogP contribution in [0.1, 0.15) is 23.4 Å². The fraction of sp³-hybridized carbons (Fsp3) is 0.375. The molecule has 4 nitrogen and oxygen atoms in total. The average Bonchev–Trinajstić information content (AvgIpc) is 3.20. The summed E-state index contributed by atoms with van der Waals surface area (Å²) in [6, 6.07) is 10.0. The summed E-state index contributed by atoms with van der Waals surface area (Å²) in [5.74, 6) is 0.0755. The van der Waals surface area contributed by atoms with E-state index >= 15 is 0 Å². The first-order valence-electron chi connectivity index (χ1n) is 7.15. The SMILES string of the molecule is O=C([C@H]1CCCO1)N(Cc1ccccc1)Cc1nccs1. The van der Waals surface area contributed by atoms with Crippen LogP contribution in [0.2, 0.25) is 0 Å². The van der Waals surface area contributed by atoms with E-state index in [9.17, 15) is 4.79 Å². The van der Waals surface area contributed by atoms with Crippen LogP contribution in [-0.2, 0) is 22.6 Å². The Balaban J connectivity index is 1.74. The number of benzene rings is 1. The Morgan fingerprint density at radius 3 is 2.86 bits per heavy atom. The zero-order chi connectivity index (χ0) is 14.5. The number of hydrogen-bond donors (Lipinski definition) is 0. The molecule has 2 aromatic rings. The van der Waals surface area contributed by atoms with Gasteiger partial charge >= 0.3 is 0 Å². The molecule has 1 amide bonds. The number of carbonyl (C=O) groups is 1. The first-order chi connectivity index (χ1) is 10.3. The van der Waals surface area contributed by atoms with Crippen molar-refractivity contribution in [3.05, 3.63) is 52.5 Å². The minimum Gasteiger partial charge on any atom is -0.368 e. The predicted octanol–water partition coefficient (Wildman–Crippen LogP) is 2.85. The molecule has 1 aliphatic rings. The lowest BCUT2D eigenvalue weighted by Gasteiger charge is -2.24. The van der Waals surface area contributed by atoms with Crippen LogP contribution in [0.5, 0.6) is 0 Å². The third-order valence-corrected chi connectivity index (χ3v) is 4.31. The second-order valence-corrected chi connectivity index (χ2v) is 6.09. The number of thiazole rings is 1. The standard InChI is InChI=1S/C16H18N2O2S/c19-16(14-7-4-9-20-14)18(12-15-17-8-10-21-15)11-13-5-2-1-3-6-13/h1-3,5-6,8,10,14H,4,7,9,11-12H2/t14-/m1/s1. The summed E-state index contributed by atoms with van der Waals surface area (Å²) in [7, 11) is 0. The van der Waals surface area contributed by atoms with E-state index in [1.807, 2.05) is 40.6 Å². The van der Waals surface area contributed by atoms with Gasteiger partial charge in [0.25, 0.3) is 5.91 Å². The Kier molecular flexibility index (Phi) is 4.62. The largest absolute Gasteiger partial charge is 0.368 e. The number of carbonyl (C=O) groups excluding carboxylic acids is 1. The van der Waals surface area contributed by atoms with E-state index < -0.39 is 0 Å². The predicted molar refractivity (Wildman–Crippen MR) is 81.8 cm³/mol. The molecule has 110 valence electrons. The molecule has 0 saturated carbocycles. The monoisotopic (exact) mass is 302 g/mol. The van der Waals surface area contributed by atoms with Crippen molar-refractivity contribution in [3.8, 4) is 0 Å². The number of ether oxygens (including phenoxy) is 1. The summed E-state index contributed by atoms with van der Waals surface area (Å²) >= 11 is 1.58. The summed E-state index contributed by atoms with van der Waals surface area (Å²) in [6.07, 6.45) is 3.28. The van der Waals surface area contributed by atoms with Crippen LogP contribution in [0.15, 0.2) is 41.9 Å². The van der Waals surface area contributed by atoms with E-state index in [2.05, 4.69) is 4.98 Å². The third kappa shape index (κ3) is 3.68. The van der Waals surface area contributed by atoms with Crippen LogP contribution in [0, 0.1) is 0 Å². The molecule has 0 radical (unpaired) electrons. The van der Waals surface area contributed by atoms with E-state index in [1.54, 1.807) is 17.5 Å². The van der Waals surface area contributed by atoms with Crippen molar-refractivity contribution in [2.24, 2.45) is 0 Å². The van der Waals surface area contributed by atoms with Crippen molar-refractivity contribution in [2.75, 3.05) is 6.61 Å². The number of hydrogen-bond acceptors (Lipinski definition) is 4. The maximum atomic E-state index is 12.7. The second-order valence-electron chi connectivity index (χ2n) is 5.11. The van der Waals surface area contributed by atoms with Gasteiger partial charge in [-0.05, 0) is 18.4 Å². The smallest absolute Gasteiger partial charge is 0.252 e. The van der Waals surface area contributed by atoms with Gasteiger partial charge in [0.15, 0.2) is 0 Å². The fourth-order valence-electron chi connectivity index (χ4n) is 2.49. The molecule has 5 heteroatoms. The lowest BCUT2D eigenvalue weighted by atomic mass is 10.1. The van der Waals surface area contributed by atoms with Gasteiger partial charge in [-0.25, -0.2) is 4.98 Å². The minimum atomic E-state index is -0.284. The maximum absolute atomic E-state index is 12.7.